The van der Waals surface area contributed by atoms with Crippen molar-refractivity contribution in [3.63, 3.8) is 0 Å². The molecule has 144 valence electrons. The lowest BCUT2D eigenvalue weighted by atomic mass is 10.2. The van der Waals surface area contributed by atoms with E-state index < -0.39 is 0 Å². The molecule has 8 heteroatoms. The number of hydrogen-bond donors (Lipinski definition) is 1. The maximum absolute atomic E-state index is 12.4. The molecule has 0 saturated heterocycles. The number of aromatic nitrogens is 4. The van der Waals surface area contributed by atoms with E-state index in [9.17, 15) is 4.79 Å². The van der Waals surface area contributed by atoms with Crippen LogP contribution in [0.3, 0.4) is 0 Å². The van der Waals surface area contributed by atoms with E-state index in [-0.39, 0.29) is 5.91 Å². The number of amides is 1. The minimum absolute atomic E-state index is 0.153. The molecule has 0 unspecified atom stereocenters. The van der Waals surface area contributed by atoms with Gasteiger partial charge in [-0.15, -0.1) is 10.2 Å². The quantitative estimate of drug-likeness (QED) is 0.407. The van der Waals surface area contributed by atoms with Crippen molar-refractivity contribution in [3.05, 3.63) is 88.0 Å². The lowest BCUT2D eigenvalue weighted by Gasteiger charge is -2.09. The van der Waals surface area contributed by atoms with E-state index in [1.54, 1.807) is 42.6 Å². The summed E-state index contributed by atoms with van der Waals surface area (Å²) >= 11 is 2.14. The van der Waals surface area contributed by atoms with E-state index in [4.69, 9.17) is 4.74 Å². The fourth-order valence-corrected chi connectivity index (χ4v) is 3.32. The molecule has 0 aliphatic heterocycles. The molecule has 1 amide bonds. The van der Waals surface area contributed by atoms with Crippen molar-refractivity contribution in [1.29, 1.82) is 0 Å². The highest BCUT2D eigenvalue weighted by Crippen LogP contribution is 2.22. The van der Waals surface area contributed by atoms with Gasteiger partial charge in [-0.3, -0.25) is 9.36 Å². The number of halogens is 1. The molecule has 0 saturated carbocycles. The number of rotatable bonds is 5. The number of carbonyl (C=O) groups excluding carboxylic acids is 1. The summed E-state index contributed by atoms with van der Waals surface area (Å²) in [6.45, 7) is 1.89. The molecular formula is C21H16IN5O2. The number of nitrogens with one attached hydrogen (secondary N) is 1. The Labute approximate surface area is 180 Å². The minimum Gasteiger partial charge on any atom is -0.438 e. The summed E-state index contributed by atoms with van der Waals surface area (Å²) in [7, 11) is 0. The zero-order valence-electron chi connectivity index (χ0n) is 15.4. The number of ether oxygens (including phenoxy) is 1. The van der Waals surface area contributed by atoms with Gasteiger partial charge in [0.05, 0.1) is 5.56 Å². The van der Waals surface area contributed by atoms with E-state index >= 15 is 0 Å². The van der Waals surface area contributed by atoms with Crippen LogP contribution in [-0.4, -0.2) is 25.7 Å². The Bertz CT molecular complexity index is 1140. The third-order valence-corrected chi connectivity index (χ3v) is 5.09. The maximum Gasteiger partial charge on any atom is 0.256 e. The van der Waals surface area contributed by atoms with Crippen LogP contribution in [0.1, 0.15) is 16.2 Å². The van der Waals surface area contributed by atoms with Crippen LogP contribution in [0.4, 0.5) is 5.69 Å². The molecule has 29 heavy (non-hydrogen) atoms. The monoisotopic (exact) mass is 497 g/mol. The molecule has 4 rings (SSSR count). The van der Waals surface area contributed by atoms with Crippen LogP contribution in [0.5, 0.6) is 11.6 Å². The van der Waals surface area contributed by atoms with E-state index in [1.165, 1.54) is 0 Å². The molecule has 0 aliphatic rings. The predicted octanol–water partition coefficient (Wildman–Crippen LogP) is 4.62. The maximum atomic E-state index is 12.4. The summed E-state index contributed by atoms with van der Waals surface area (Å²) in [5.74, 6) is 2.32. The third kappa shape index (κ3) is 4.43. The Morgan fingerprint density at radius 2 is 1.83 bits per heavy atom. The Hall–Kier alpha value is -3.27. The SMILES string of the molecule is Cc1nccn1-c1ccc(Oc2ccc(NC(=O)c3ccccc3I)cc2)nn1. The highest BCUT2D eigenvalue weighted by atomic mass is 127. The first-order valence-electron chi connectivity index (χ1n) is 8.78. The normalized spacial score (nSPS) is 10.6. The van der Waals surface area contributed by atoms with Gasteiger partial charge < -0.3 is 10.1 Å². The first kappa shape index (κ1) is 19.1. The van der Waals surface area contributed by atoms with Crippen molar-refractivity contribution < 1.29 is 9.53 Å². The van der Waals surface area contributed by atoms with Gasteiger partial charge in [-0.25, -0.2) is 4.98 Å². The van der Waals surface area contributed by atoms with Crippen molar-refractivity contribution in [2.45, 2.75) is 6.92 Å². The van der Waals surface area contributed by atoms with Gasteiger partial charge in [0.2, 0.25) is 5.88 Å². The van der Waals surface area contributed by atoms with Crippen molar-refractivity contribution in [1.82, 2.24) is 19.7 Å². The molecule has 4 aromatic rings. The molecule has 7 nitrogen and oxygen atoms in total. The van der Waals surface area contributed by atoms with Gasteiger partial charge >= 0.3 is 0 Å². The molecule has 1 N–H and O–H groups in total. The Kier molecular flexibility index (Phi) is 5.52. The highest BCUT2D eigenvalue weighted by molar-refractivity contribution is 14.1. The van der Waals surface area contributed by atoms with Gasteiger partial charge in [0.25, 0.3) is 5.91 Å². The van der Waals surface area contributed by atoms with Crippen molar-refractivity contribution in [2.75, 3.05) is 5.32 Å². The van der Waals surface area contributed by atoms with Gasteiger partial charge in [0, 0.05) is 27.7 Å². The number of carbonyl (C=O) groups is 1. The second kappa shape index (κ2) is 8.39. The second-order valence-electron chi connectivity index (χ2n) is 6.13. The van der Waals surface area contributed by atoms with Gasteiger partial charge in [-0.1, -0.05) is 12.1 Å². The number of aryl methyl sites for hydroxylation is 1. The third-order valence-electron chi connectivity index (χ3n) is 4.15. The molecule has 0 spiro atoms. The standard InChI is InChI=1S/C21H16IN5O2/c1-14-23-12-13-27(14)19-10-11-20(26-25-19)29-16-8-6-15(7-9-16)24-21(28)17-4-2-3-5-18(17)22/h2-13H,1H3,(H,24,28). The van der Waals surface area contributed by atoms with Gasteiger partial charge in [0.1, 0.15) is 11.6 Å². The molecule has 2 aromatic carbocycles. The van der Waals surface area contributed by atoms with Gasteiger partial charge in [0.15, 0.2) is 5.82 Å². The Balaban J connectivity index is 1.41. The zero-order chi connectivity index (χ0) is 20.2. The average Bonchev–Trinajstić information content (AvgIpc) is 3.16. The Morgan fingerprint density at radius 3 is 2.48 bits per heavy atom. The van der Waals surface area contributed by atoms with Crippen molar-refractivity contribution >= 4 is 34.2 Å². The summed E-state index contributed by atoms with van der Waals surface area (Å²) in [6.07, 6.45) is 3.53. The average molecular weight is 497 g/mol. The number of nitrogens with zero attached hydrogens (tertiary/aromatic N) is 4. The van der Waals surface area contributed by atoms with E-state index in [1.807, 2.05) is 42.0 Å². The topological polar surface area (TPSA) is 81.9 Å². The lowest BCUT2D eigenvalue weighted by Crippen LogP contribution is -2.13. The van der Waals surface area contributed by atoms with Gasteiger partial charge in [-0.05, 0) is 72.0 Å². The molecule has 0 atom stereocenters. The second-order valence-corrected chi connectivity index (χ2v) is 7.30. The molecule has 0 bridgehead atoms. The number of imidazole rings is 1. The molecule has 0 fully saturated rings. The fraction of sp³-hybridized carbons (Fsp3) is 0.0476. The van der Waals surface area contributed by atoms with Crippen LogP contribution in [-0.2, 0) is 0 Å². The molecule has 0 aliphatic carbocycles. The van der Waals surface area contributed by atoms with Crippen LogP contribution in [0.25, 0.3) is 5.82 Å². The molecular weight excluding hydrogens is 481 g/mol. The van der Waals surface area contributed by atoms with Crippen LogP contribution >= 0.6 is 22.6 Å². The van der Waals surface area contributed by atoms with E-state index in [2.05, 4.69) is 43.1 Å². The largest absolute Gasteiger partial charge is 0.438 e. The molecule has 2 heterocycles. The summed E-state index contributed by atoms with van der Waals surface area (Å²) in [5.41, 5.74) is 1.32. The van der Waals surface area contributed by atoms with Crippen molar-refractivity contribution in [2.24, 2.45) is 0 Å². The smallest absolute Gasteiger partial charge is 0.256 e. The van der Waals surface area contributed by atoms with E-state index in [0.717, 1.165) is 9.39 Å². The Morgan fingerprint density at radius 1 is 1.03 bits per heavy atom. The summed E-state index contributed by atoms with van der Waals surface area (Å²) in [6, 6.07) is 18.1. The number of anilines is 1. The first-order valence-corrected chi connectivity index (χ1v) is 9.86. The molecule has 2 aromatic heterocycles. The van der Waals surface area contributed by atoms with Crippen LogP contribution in [0.2, 0.25) is 0 Å². The molecule has 0 radical (unpaired) electrons. The number of hydrogen-bond acceptors (Lipinski definition) is 5. The van der Waals surface area contributed by atoms with Crippen LogP contribution < -0.4 is 10.1 Å². The minimum atomic E-state index is -0.153. The number of benzene rings is 2. The van der Waals surface area contributed by atoms with Crippen LogP contribution in [0.15, 0.2) is 73.1 Å². The lowest BCUT2D eigenvalue weighted by molar-refractivity contribution is 0.102. The fourth-order valence-electron chi connectivity index (χ4n) is 2.69. The van der Waals surface area contributed by atoms with Gasteiger partial charge in [-0.2, -0.15) is 0 Å². The predicted molar refractivity (Wildman–Crippen MR) is 118 cm³/mol. The summed E-state index contributed by atoms with van der Waals surface area (Å²) in [5, 5.41) is 11.1. The summed E-state index contributed by atoms with van der Waals surface area (Å²) < 4.78 is 8.47. The highest BCUT2D eigenvalue weighted by Gasteiger charge is 2.10. The summed E-state index contributed by atoms with van der Waals surface area (Å²) in [4.78, 5) is 16.6. The van der Waals surface area contributed by atoms with Crippen molar-refractivity contribution in [3.8, 4) is 17.4 Å². The first-order chi connectivity index (χ1) is 14.1. The van der Waals surface area contributed by atoms with E-state index in [0.29, 0.717) is 28.7 Å². The van der Waals surface area contributed by atoms with Crippen LogP contribution in [0, 0.1) is 10.5 Å². The zero-order valence-corrected chi connectivity index (χ0v) is 17.6.